The third-order valence-corrected chi connectivity index (χ3v) is 5.41. The van der Waals surface area contributed by atoms with Gasteiger partial charge >= 0.3 is 0 Å². The molecule has 1 N–H and O–H groups in total. The Hall–Kier alpha value is -3.32. The van der Waals surface area contributed by atoms with Crippen molar-refractivity contribution in [2.45, 2.75) is 13.0 Å². The minimum atomic E-state index is 0.255. The molecule has 1 fully saturated rings. The van der Waals surface area contributed by atoms with Gasteiger partial charge in [0.15, 0.2) is 11.5 Å². The van der Waals surface area contributed by atoms with Crippen LogP contribution in [0.1, 0.15) is 17.3 Å². The van der Waals surface area contributed by atoms with E-state index in [1.807, 2.05) is 36.9 Å². The number of piperazine rings is 1. The van der Waals surface area contributed by atoms with Crippen LogP contribution >= 0.6 is 0 Å². The van der Waals surface area contributed by atoms with Gasteiger partial charge in [-0.25, -0.2) is 9.97 Å². The normalized spacial score (nSPS) is 17.0. The lowest BCUT2D eigenvalue weighted by Gasteiger charge is -2.35. The molecule has 29 heavy (non-hydrogen) atoms. The number of fused-ring (bicyclic) bond motifs is 1. The largest absolute Gasteiger partial charge is 0.353 e. The molecule has 1 aliphatic rings. The van der Waals surface area contributed by atoms with Crippen LogP contribution in [0, 0.1) is 6.92 Å². The number of hydrogen-bond acceptors (Lipinski definition) is 6. The Morgan fingerprint density at radius 3 is 2.66 bits per heavy atom. The molecule has 7 nitrogen and oxygen atoms in total. The Bertz CT molecular complexity index is 1140. The molecule has 7 heteroatoms. The molecule has 1 atom stereocenters. The zero-order valence-electron chi connectivity index (χ0n) is 16.6. The molecule has 0 saturated carbocycles. The number of benzene rings is 1. The number of aryl methyl sites for hydroxylation is 2. The van der Waals surface area contributed by atoms with Gasteiger partial charge in [-0.2, -0.15) is 5.10 Å². The van der Waals surface area contributed by atoms with Crippen LogP contribution in [0.5, 0.6) is 0 Å². The van der Waals surface area contributed by atoms with E-state index < -0.39 is 0 Å². The highest BCUT2D eigenvalue weighted by Crippen LogP contribution is 2.31. The van der Waals surface area contributed by atoms with Gasteiger partial charge in [-0.05, 0) is 24.6 Å². The summed E-state index contributed by atoms with van der Waals surface area (Å²) in [5.74, 6) is 1.56. The third kappa shape index (κ3) is 3.23. The maximum atomic E-state index is 4.97. The summed E-state index contributed by atoms with van der Waals surface area (Å²) in [5.41, 5.74) is 3.84. The van der Waals surface area contributed by atoms with Crippen molar-refractivity contribution in [1.29, 1.82) is 0 Å². The number of nitrogens with one attached hydrogen (secondary N) is 1. The van der Waals surface area contributed by atoms with E-state index in [0.29, 0.717) is 5.82 Å². The fourth-order valence-electron chi connectivity index (χ4n) is 4.01. The van der Waals surface area contributed by atoms with Crippen molar-refractivity contribution in [1.82, 2.24) is 30.0 Å². The first-order valence-corrected chi connectivity index (χ1v) is 9.87. The van der Waals surface area contributed by atoms with Gasteiger partial charge < -0.3 is 10.2 Å². The molecule has 1 aromatic carbocycles. The fraction of sp³-hybridized carbons (Fsp3) is 0.273. The minimum absolute atomic E-state index is 0.255. The molecule has 0 unspecified atom stereocenters. The van der Waals surface area contributed by atoms with E-state index in [-0.39, 0.29) is 6.04 Å². The van der Waals surface area contributed by atoms with Crippen LogP contribution in [-0.4, -0.2) is 44.4 Å². The first-order chi connectivity index (χ1) is 14.2. The molecule has 1 aliphatic heterocycles. The quantitative estimate of drug-likeness (QED) is 0.585. The topological polar surface area (TPSA) is 71.8 Å². The van der Waals surface area contributed by atoms with Crippen molar-refractivity contribution in [3.05, 3.63) is 66.0 Å². The van der Waals surface area contributed by atoms with Crippen molar-refractivity contribution in [2.75, 3.05) is 24.5 Å². The average molecular weight is 385 g/mol. The van der Waals surface area contributed by atoms with Crippen LogP contribution in [0.15, 0.2) is 54.7 Å². The Balaban J connectivity index is 1.61. The van der Waals surface area contributed by atoms with Crippen LogP contribution in [0.4, 0.5) is 5.82 Å². The molecular weight excluding hydrogens is 362 g/mol. The van der Waals surface area contributed by atoms with Crippen molar-refractivity contribution < 1.29 is 0 Å². The van der Waals surface area contributed by atoms with Gasteiger partial charge in [0.05, 0.1) is 11.1 Å². The van der Waals surface area contributed by atoms with Crippen LogP contribution in [0.25, 0.3) is 22.6 Å². The van der Waals surface area contributed by atoms with Crippen LogP contribution in [0.2, 0.25) is 0 Å². The molecule has 5 rings (SSSR count). The summed E-state index contributed by atoms with van der Waals surface area (Å²) in [7, 11) is 1.93. The van der Waals surface area contributed by atoms with Crippen molar-refractivity contribution in [2.24, 2.45) is 7.05 Å². The van der Waals surface area contributed by atoms with E-state index in [1.54, 1.807) is 6.20 Å². The second-order valence-corrected chi connectivity index (χ2v) is 7.36. The number of pyridine rings is 1. The number of rotatable bonds is 3. The summed E-state index contributed by atoms with van der Waals surface area (Å²) in [4.78, 5) is 16.6. The molecular formula is C22H23N7. The average Bonchev–Trinajstić information content (AvgIpc) is 3.08. The van der Waals surface area contributed by atoms with Gasteiger partial charge in [0.2, 0.25) is 0 Å². The number of aromatic nitrogens is 5. The molecule has 4 heterocycles. The van der Waals surface area contributed by atoms with E-state index in [2.05, 4.69) is 50.6 Å². The predicted octanol–water partition coefficient (Wildman–Crippen LogP) is 2.88. The third-order valence-electron chi connectivity index (χ3n) is 5.41. The lowest BCUT2D eigenvalue weighted by atomic mass is 10.0. The maximum absolute atomic E-state index is 4.97. The Labute approximate surface area is 169 Å². The zero-order chi connectivity index (χ0) is 19.8. The summed E-state index contributed by atoms with van der Waals surface area (Å²) in [5, 5.41) is 9.25. The van der Waals surface area contributed by atoms with Crippen molar-refractivity contribution in [3.8, 4) is 11.5 Å². The summed E-state index contributed by atoms with van der Waals surface area (Å²) >= 11 is 0. The summed E-state index contributed by atoms with van der Waals surface area (Å²) < 4.78 is 1.83. The van der Waals surface area contributed by atoms with Crippen LogP contribution in [-0.2, 0) is 7.05 Å². The summed E-state index contributed by atoms with van der Waals surface area (Å²) in [6.07, 6.45) is 1.77. The second kappa shape index (κ2) is 7.25. The molecule has 3 aromatic heterocycles. The Kier molecular flexibility index (Phi) is 4.44. The lowest BCUT2D eigenvalue weighted by molar-refractivity contribution is 0.470. The smallest absolute Gasteiger partial charge is 0.182 e. The standard InChI is InChI=1S/C22H23N7/c1-15-19-21(28(2)27-15)25-20(17-10-6-7-11-23-17)26-22(19)29-13-12-24-18(14-29)16-8-4-3-5-9-16/h3-11,18,24H,12-14H2,1-2H3/t18-/m1/s1. The van der Waals surface area contributed by atoms with Gasteiger partial charge in [0.1, 0.15) is 11.5 Å². The van der Waals surface area contributed by atoms with E-state index >= 15 is 0 Å². The molecule has 0 amide bonds. The summed E-state index contributed by atoms with van der Waals surface area (Å²) in [6.45, 7) is 4.63. The van der Waals surface area contributed by atoms with Crippen LogP contribution in [0.3, 0.4) is 0 Å². The van der Waals surface area contributed by atoms with Gasteiger partial charge in [-0.15, -0.1) is 0 Å². The molecule has 146 valence electrons. The van der Waals surface area contributed by atoms with Crippen molar-refractivity contribution in [3.63, 3.8) is 0 Å². The highest BCUT2D eigenvalue weighted by atomic mass is 15.3. The lowest BCUT2D eigenvalue weighted by Crippen LogP contribution is -2.46. The molecule has 4 aromatic rings. The molecule has 0 aliphatic carbocycles. The summed E-state index contributed by atoms with van der Waals surface area (Å²) in [6, 6.07) is 16.6. The first-order valence-electron chi connectivity index (χ1n) is 9.87. The van der Waals surface area contributed by atoms with Gasteiger partial charge in [-0.3, -0.25) is 9.67 Å². The highest BCUT2D eigenvalue weighted by Gasteiger charge is 2.26. The predicted molar refractivity (Wildman–Crippen MR) is 114 cm³/mol. The molecule has 0 bridgehead atoms. The number of anilines is 1. The molecule has 0 radical (unpaired) electrons. The Morgan fingerprint density at radius 1 is 1.03 bits per heavy atom. The van der Waals surface area contributed by atoms with E-state index in [4.69, 9.17) is 9.97 Å². The van der Waals surface area contributed by atoms with Crippen LogP contribution < -0.4 is 10.2 Å². The zero-order valence-corrected chi connectivity index (χ0v) is 16.6. The second-order valence-electron chi connectivity index (χ2n) is 7.36. The molecule has 0 spiro atoms. The van der Waals surface area contributed by atoms with Gasteiger partial charge in [-0.1, -0.05) is 36.4 Å². The monoisotopic (exact) mass is 385 g/mol. The van der Waals surface area contributed by atoms with Crippen molar-refractivity contribution >= 4 is 16.9 Å². The van der Waals surface area contributed by atoms with E-state index in [9.17, 15) is 0 Å². The highest BCUT2D eigenvalue weighted by molar-refractivity contribution is 5.91. The minimum Gasteiger partial charge on any atom is -0.353 e. The Morgan fingerprint density at radius 2 is 1.86 bits per heavy atom. The maximum Gasteiger partial charge on any atom is 0.182 e. The van der Waals surface area contributed by atoms with Gasteiger partial charge in [0, 0.05) is 38.9 Å². The SMILES string of the molecule is Cc1nn(C)c2nc(-c3ccccn3)nc(N3CCN[C@@H](c4ccccc4)C3)c12. The fourth-order valence-corrected chi connectivity index (χ4v) is 4.01. The van der Waals surface area contributed by atoms with E-state index in [0.717, 1.165) is 47.9 Å². The number of nitrogens with zero attached hydrogens (tertiary/aromatic N) is 6. The number of hydrogen-bond donors (Lipinski definition) is 1. The van der Waals surface area contributed by atoms with E-state index in [1.165, 1.54) is 5.56 Å². The first kappa shape index (κ1) is 17.8. The van der Waals surface area contributed by atoms with Gasteiger partial charge in [0.25, 0.3) is 0 Å². The molecule has 1 saturated heterocycles.